The minimum Gasteiger partial charge on any atom is -0.384 e. The highest BCUT2D eigenvalue weighted by Crippen LogP contribution is 2.24. The van der Waals surface area contributed by atoms with Gasteiger partial charge in [-0.2, -0.15) is 0 Å². The minimum atomic E-state index is 0.0454. The molecule has 3 N–H and O–H groups in total. The number of amidine groups is 1. The van der Waals surface area contributed by atoms with Crippen molar-refractivity contribution in [2.75, 3.05) is 31.2 Å². The topological polar surface area (TPSA) is 62.3 Å². The summed E-state index contributed by atoms with van der Waals surface area (Å²) in [4.78, 5) is 2.16. The average molecular weight is 240 g/mol. The number of nitrogens with two attached hydrogens (primary N) is 1. The fraction of sp³-hybridized carbons (Fsp3) is 0.364. The van der Waals surface area contributed by atoms with Gasteiger partial charge in [-0.15, -0.1) is 0 Å². The second kappa shape index (κ2) is 4.72. The lowest BCUT2D eigenvalue weighted by atomic mass is 10.1. The molecule has 1 fully saturated rings. The van der Waals surface area contributed by atoms with E-state index in [0.29, 0.717) is 23.8 Å². The second-order valence-electron chi connectivity index (χ2n) is 3.67. The Balaban J connectivity index is 2.34. The van der Waals surface area contributed by atoms with Crippen molar-refractivity contribution in [2.24, 2.45) is 5.73 Å². The third-order valence-electron chi connectivity index (χ3n) is 2.60. The van der Waals surface area contributed by atoms with Crippen LogP contribution in [0.25, 0.3) is 0 Å². The first-order valence-electron chi connectivity index (χ1n) is 5.15. The lowest BCUT2D eigenvalue weighted by molar-refractivity contribution is 0.122. The zero-order valence-electron chi connectivity index (χ0n) is 8.87. The van der Waals surface area contributed by atoms with Crippen LogP contribution < -0.4 is 10.6 Å². The summed E-state index contributed by atoms with van der Waals surface area (Å²) < 4.78 is 5.29. The molecule has 0 aromatic heterocycles. The van der Waals surface area contributed by atoms with E-state index in [1.165, 1.54) is 0 Å². The number of nitrogens with one attached hydrogen (secondary N) is 1. The molecule has 1 saturated heterocycles. The molecule has 1 aliphatic heterocycles. The van der Waals surface area contributed by atoms with Gasteiger partial charge in [-0.05, 0) is 18.2 Å². The maximum absolute atomic E-state index is 7.55. The van der Waals surface area contributed by atoms with Crippen LogP contribution in [-0.2, 0) is 4.74 Å². The Morgan fingerprint density at radius 3 is 2.69 bits per heavy atom. The number of hydrogen-bond donors (Lipinski definition) is 2. The first-order chi connectivity index (χ1) is 7.68. The van der Waals surface area contributed by atoms with Crippen LogP contribution in [0.4, 0.5) is 5.69 Å². The SMILES string of the molecule is N=C(N)c1cc(Cl)ccc1N1CCOCC1. The Hall–Kier alpha value is -1.26. The van der Waals surface area contributed by atoms with Gasteiger partial charge >= 0.3 is 0 Å². The summed E-state index contributed by atoms with van der Waals surface area (Å²) in [6, 6.07) is 5.46. The molecule has 1 aromatic rings. The standard InChI is InChI=1S/C11H14ClN3O/c12-8-1-2-10(9(7-8)11(13)14)15-3-5-16-6-4-15/h1-2,7H,3-6H2,(H3,13,14). The van der Waals surface area contributed by atoms with Crippen molar-refractivity contribution in [1.29, 1.82) is 5.41 Å². The lowest BCUT2D eigenvalue weighted by Gasteiger charge is -2.30. The highest BCUT2D eigenvalue weighted by atomic mass is 35.5. The highest BCUT2D eigenvalue weighted by Gasteiger charge is 2.16. The summed E-state index contributed by atoms with van der Waals surface area (Å²) in [5.74, 6) is 0.0454. The van der Waals surface area contributed by atoms with Gasteiger partial charge in [0.05, 0.1) is 13.2 Å². The van der Waals surface area contributed by atoms with Crippen molar-refractivity contribution in [3.63, 3.8) is 0 Å². The molecule has 0 saturated carbocycles. The van der Waals surface area contributed by atoms with Gasteiger partial charge in [0, 0.05) is 29.4 Å². The molecule has 2 rings (SSSR count). The van der Waals surface area contributed by atoms with Crippen LogP contribution in [0.5, 0.6) is 0 Å². The van der Waals surface area contributed by atoms with E-state index in [4.69, 9.17) is 27.5 Å². The molecule has 86 valence electrons. The van der Waals surface area contributed by atoms with Gasteiger partial charge in [-0.3, -0.25) is 5.41 Å². The van der Waals surface area contributed by atoms with Crippen molar-refractivity contribution in [2.45, 2.75) is 0 Å². The van der Waals surface area contributed by atoms with E-state index in [9.17, 15) is 0 Å². The van der Waals surface area contributed by atoms with Crippen LogP contribution >= 0.6 is 11.6 Å². The van der Waals surface area contributed by atoms with E-state index in [2.05, 4.69) is 4.90 Å². The van der Waals surface area contributed by atoms with Crippen molar-refractivity contribution >= 4 is 23.1 Å². The average Bonchev–Trinajstić information content (AvgIpc) is 2.30. The third-order valence-corrected chi connectivity index (χ3v) is 2.84. The van der Waals surface area contributed by atoms with Gasteiger partial charge < -0.3 is 15.4 Å². The molecule has 0 aliphatic carbocycles. The minimum absolute atomic E-state index is 0.0454. The number of hydrogen-bond acceptors (Lipinski definition) is 3. The van der Waals surface area contributed by atoms with E-state index >= 15 is 0 Å². The number of anilines is 1. The van der Waals surface area contributed by atoms with Crippen molar-refractivity contribution < 1.29 is 4.74 Å². The monoisotopic (exact) mass is 239 g/mol. The Bertz CT molecular complexity index is 402. The summed E-state index contributed by atoms with van der Waals surface area (Å²) in [6.45, 7) is 3.06. The zero-order valence-corrected chi connectivity index (χ0v) is 9.63. The van der Waals surface area contributed by atoms with Gasteiger partial charge in [-0.25, -0.2) is 0 Å². The molecule has 1 heterocycles. The van der Waals surface area contributed by atoms with Gasteiger partial charge in [0.1, 0.15) is 5.84 Å². The molecule has 1 aromatic carbocycles. The summed E-state index contributed by atoms with van der Waals surface area (Å²) in [5.41, 5.74) is 7.20. The fourth-order valence-electron chi connectivity index (χ4n) is 1.80. The smallest absolute Gasteiger partial charge is 0.124 e. The van der Waals surface area contributed by atoms with Crippen LogP contribution in [0.15, 0.2) is 18.2 Å². The maximum Gasteiger partial charge on any atom is 0.124 e. The number of halogens is 1. The van der Waals surface area contributed by atoms with Crippen molar-refractivity contribution in [1.82, 2.24) is 0 Å². The van der Waals surface area contributed by atoms with Gasteiger partial charge in [0.25, 0.3) is 0 Å². The zero-order chi connectivity index (χ0) is 11.5. The molecule has 1 aliphatic rings. The number of morpholine rings is 1. The quantitative estimate of drug-likeness (QED) is 0.607. The van der Waals surface area contributed by atoms with Gasteiger partial charge in [0.2, 0.25) is 0 Å². The van der Waals surface area contributed by atoms with Crippen LogP contribution in [-0.4, -0.2) is 32.1 Å². The van der Waals surface area contributed by atoms with Gasteiger partial charge in [0.15, 0.2) is 0 Å². The number of nitrogen functional groups attached to an aromatic ring is 1. The normalized spacial score (nSPS) is 16.2. The first-order valence-corrected chi connectivity index (χ1v) is 5.53. The number of benzene rings is 1. The molecule has 4 nitrogen and oxygen atoms in total. The molecule has 0 bridgehead atoms. The second-order valence-corrected chi connectivity index (χ2v) is 4.11. The Morgan fingerprint density at radius 1 is 1.38 bits per heavy atom. The molecule has 16 heavy (non-hydrogen) atoms. The highest BCUT2D eigenvalue weighted by molar-refractivity contribution is 6.31. The Labute approximate surface area is 99.5 Å². The maximum atomic E-state index is 7.55. The van der Waals surface area contributed by atoms with E-state index < -0.39 is 0 Å². The van der Waals surface area contributed by atoms with Crippen LogP contribution in [0.1, 0.15) is 5.56 Å². The first kappa shape index (κ1) is 11.2. The number of rotatable bonds is 2. The molecular formula is C11H14ClN3O. The summed E-state index contributed by atoms with van der Waals surface area (Å²) in [7, 11) is 0. The molecule has 0 spiro atoms. The Morgan fingerprint density at radius 2 is 2.06 bits per heavy atom. The predicted octanol–water partition coefficient (Wildman–Crippen LogP) is 1.46. The summed E-state index contributed by atoms with van der Waals surface area (Å²) >= 11 is 5.90. The summed E-state index contributed by atoms with van der Waals surface area (Å²) in [5, 5.41) is 8.15. The van der Waals surface area contributed by atoms with E-state index in [1.54, 1.807) is 6.07 Å². The molecule has 5 heteroatoms. The van der Waals surface area contributed by atoms with E-state index in [0.717, 1.165) is 18.8 Å². The number of ether oxygens (including phenoxy) is 1. The molecule has 0 atom stereocenters. The summed E-state index contributed by atoms with van der Waals surface area (Å²) in [6.07, 6.45) is 0. The number of nitrogens with zero attached hydrogens (tertiary/aromatic N) is 1. The predicted molar refractivity (Wildman–Crippen MR) is 65.5 cm³/mol. The van der Waals surface area contributed by atoms with Crippen molar-refractivity contribution in [3.05, 3.63) is 28.8 Å². The van der Waals surface area contributed by atoms with Crippen LogP contribution in [0.3, 0.4) is 0 Å². The molecule has 0 unspecified atom stereocenters. The van der Waals surface area contributed by atoms with E-state index in [-0.39, 0.29) is 5.84 Å². The van der Waals surface area contributed by atoms with Crippen LogP contribution in [0.2, 0.25) is 5.02 Å². The lowest BCUT2D eigenvalue weighted by Crippen LogP contribution is -2.37. The van der Waals surface area contributed by atoms with Crippen LogP contribution in [0, 0.1) is 5.41 Å². The third kappa shape index (κ3) is 2.28. The fourth-order valence-corrected chi connectivity index (χ4v) is 1.98. The van der Waals surface area contributed by atoms with Crippen molar-refractivity contribution in [3.8, 4) is 0 Å². The Kier molecular flexibility index (Phi) is 3.31. The molecule has 0 radical (unpaired) electrons. The van der Waals surface area contributed by atoms with E-state index in [1.807, 2.05) is 12.1 Å². The largest absolute Gasteiger partial charge is 0.384 e. The molecule has 0 amide bonds. The van der Waals surface area contributed by atoms with Gasteiger partial charge in [-0.1, -0.05) is 11.6 Å². The molecular weight excluding hydrogens is 226 g/mol.